The largest absolute Gasteiger partial charge is 0.392 e. The number of rotatable bonds is 2. The molecule has 0 aromatic rings. The molecule has 1 saturated heterocycles. The third-order valence-corrected chi connectivity index (χ3v) is 3.69. The second-order valence-corrected chi connectivity index (χ2v) is 4.63. The van der Waals surface area contributed by atoms with Gasteiger partial charge in [-0.1, -0.05) is 31.2 Å². The fourth-order valence-electron chi connectivity index (χ4n) is 2.49. The zero-order chi connectivity index (χ0) is 11.8. The molecule has 2 atom stereocenters. The molecule has 0 bridgehead atoms. The summed E-state index contributed by atoms with van der Waals surface area (Å²) >= 11 is 0. The van der Waals surface area contributed by atoms with Crippen molar-refractivity contribution in [2.45, 2.75) is 33.1 Å². The highest BCUT2D eigenvalue weighted by atomic mass is 16.6. The summed E-state index contributed by atoms with van der Waals surface area (Å²) in [7, 11) is 0. The van der Waals surface area contributed by atoms with Crippen LogP contribution in [0.3, 0.4) is 0 Å². The minimum absolute atomic E-state index is 0.386. The van der Waals surface area contributed by atoms with E-state index in [1.807, 2.05) is 38.2 Å². The molecule has 0 radical (unpaired) electrons. The van der Waals surface area contributed by atoms with Crippen molar-refractivity contribution in [1.82, 2.24) is 0 Å². The predicted octanol–water partition coefficient (Wildman–Crippen LogP) is 2.38. The Morgan fingerprint density at radius 3 is 2.88 bits per heavy atom. The van der Waals surface area contributed by atoms with E-state index in [1.165, 1.54) is 0 Å². The van der Waals surface area contributed by atoms with Crippen LogP contribution in [0.4, 0.5) is 0 Å². The van der Waals surface area contributed by atoms with Crippen LogP contribution in [0.5, 0.6) is 0 Å². The van der Waals surface area contributed by atoms with Gasteiger partial charge in [0.2, 0.25) is 0 Å². The second kappa shape index (κ2) is 3.58. The third-order valence-electron chi connectivity index (χ3n) is 3.69. The predicted molar refractivity (Wildman–Crippen MR) is 59.4 cm³/mol. The Labute approximate surface area is 95.2 Å². The van der Waals surface area contributed by atoms with E-state index in [9.17, 15) is 9.59 Å². The lowest BCUT2D eigenvalue weighted by Crippen LogP contribution is -2.41. The number of esters is 2. The van der Waals surface area contributed by atoms with Crippen molar-refractivity contribution in [2.24, 2.45) is 10.8 Å². The molecule has 3 nitrogen and oxygen atoms in total. The van der Waals surface area contributed by atoms with Crippen molar-refractivity contribution in [3.05, 3.63) is 24.3 Å². The van der Waals surface area contributed by atoms with Gasteiger partial charge in [0, 0.05) is 0 Å². The number of hydrogen-bond donors (Lipinski definition) is 0. The van der Waals surface area contributed by atoms with Gasteiger partial charge in [0.1, 0.15) is 5.41 Å². The highest BCUT2D eigenvalue weighted by molar-refractivity contribution is 6.04. The molecule has 0 N–H and O–H groups in total. The van der Waals surface area contributed by atoms with E-state index in [2.05, 4.69) is 0 Å². The highest BCUT2D eigenvalue weighted by Gasteiger charge is 2.63. The number of fused-ring (bicyclic) bond motifs is 1. The van der Waals surface area contributed by atoms with Gasteiger partial charge in [-0.05, 0) is 26.2 Å². The van der Waals surface area contributed by atoms with Crippen LogP contribution in [0.2, 0.25) is 0 Å². The van der Waals surface area contributed by atoms with Gasteiger partial charge in [0.25, 0.3) is 0 Å². The fraction of sp³-hybridized carbons (Fsp3) is 0.538. The van der Waals surface area contributed by atoms with Crippen molar-refractivity contribution in [3.8, 4) is 0 Å². The number of allylic oxidation sites excluding steroid dienone is 2. The van der Waals surface area contributed by atoms with Crippen LogP contribution in [0.1, 0.15) is 33.1 Å². The van der Waals surface area contributed by atoms with Crippen LogP contribution in [0.25, 0.3) is 0 Å². The maximum Gasteiger partial charge on any atom is 0.328 e. The van der Waals surface area contributed by atoms with Gasteiger partial charge in [-0.25, -0.2) is 0 Å². The van der Waals surface area contributed by atoms with Crippen molar-refractivity contribution < 1.29 is 14.3 Å². The molecule has 3 heteroatoms. The van der Waals surface area contributed by atoms with Gasteiger partial charge in [-0.3, -0.25) is 9.59 Å². The molecule has 16 heavy (non-hydrogen) atoms. The summed E-state index contributed by atoms with van der Waals surface area (Å²) in [5.41, 5.74) is -1.58. The molecule has 0 saturated carbocycles. The molecule has 86 valence electrons. The van der Waals surface area contributed by atoms with Gasteiger partial charge in [-0.2, -0.15) is 0 Å². The van der Waals surface area contributed by atoms with Crippen molar-refractivity contribution in [3.63, 3.8) is 0 Å². The molecule has 0 aromatic carbocycles. The SMILES string of the molecule is CCC=CC12C=CCCC1(C)C(=O)OC2=O. The van der Waals surface area contributed by atoms with E-state index in [4.69, 9.17) is 4.74 Å². The van der Waals surface area contributed by atoms with Gasteiger partial charge >= 0.3 is 11.9 Å². The molecule has 1 aliphatic carbocycles. The van der Waals surface area contributed by atoms with Crippen LogP contribution in [-0.2, 0) is 14.3 Å². The quantitative estimate of drug-likeness (QED) is 0.407. The summed E-state index contributed by atoms with van der Waals surface area (Å²) in [6.45, 7) is 3.82. The summed E-state index contributed by atoms with van der Waals surface area (Å²) < 4.78 is 4.83. The summed E-state index contributed by atoms with van der Waals surface area (Å²) in [6, 6.07) is 0. The van der Waals surface area contributed by atoms with Gasteiger partial charge in [0.05, 0.1) is 5.41 Å². The highest BCUT2D eigenvalue weighted by Crippen LogP contribution is 2.54. The zero-order valence-electron chi connectivity index (χ0n) is 9.66. The van der Waals surface area contributed by atoms with Gasteiger partial charge < -0.3 is 4.74 Å². The Kier molecular flexibility index (Phi) is 2.49. The lowest BCUT2D eigenvalue weighted by Gasteiger charge is -2.35. The van der Waals surface area contributed by atoms with Crippen LogP contribution < -0.4 is 0 Å². The summed E-state index contributed by atoms with van der Waals surface area (Å²) in [6.07, 6.45) is 9.87. The first-order valence-corrected chi connectivity index (χ1v) is 5.69. The maximum absolute atomic E-state index is 11.9. The summed E-state index contributed by atoms with van der Waals surface area (Å²) in [4.78, 5) is 23.7. The van der Waals surface area contributed by atoms with E-state index in [-0.39, 0.29) is 5.97 Å². The summed E-state index contributed by atoms with van der Waals surface area (Å²) in [5.74, 6) is -0.816. The Bertz CT molecular complexity index is 394. The lowest BCUT2D eigenvalue weighted by atomic mass is 9.61. The Balaban J connectivity index is 2.54. The molecular formula is C13H16O3. The number of ether oxygens (including phenoxy) is 1. The number of cyclic esters (lactones) is 2. The maximum atomic E-state index is 11.9. The minimum Gasteiger partial charge on any atom is -0.392 e. The van der Waals surface area contributed by atoms with E-state index < -0.39 is 16.8 Å². The standard InChI is InChI=1S/C13H16O3/c1-3-4-8-13-9-6-5-7-12(13,2)10(14)16-11(13)15/h4,6,8-9H,3,5,7H2,1-2H3. The number of carbonyl (C=O) groups is 2. The van der Waals surface area contributed by atoms with Gasteiger partial charge in [-0.15, -0.1) is 0 Å². The molecular weight excluding hydrogens is 204 g/mol. The van der Waals surface area contributed by atoms with E-state index in [0.29, 0.717) is 6.42 Å². The van der Waals surface area contributed by atoms with Gasteiger partial charge in [0.15, 0.2) is 0 Å². The molecule has 0 aromatic heterocycles. The smallest absolute Gasteiger partial charge is 0.328 e. The number of hydrogen-bond acceptors (Lipinski definition) is 3. The Morgan fingerprint density at radius 1 is 1.44 bits per heavy atom. The van der Waals surface area contributed by atoms with Crippen LogP contribution >= 0.6 is 0 Å². The van der Waals surface area contributed by atoms with E-state index in [0.717, 1.165) is 12.8 Å². The van der Waals surface area contributed by atoms with Crippen molar-refractivity contribution in [1.29, 1.82) is 0 Å². The molecule has 2 aliphatic rings. The molecule has 2 rings (SSSR count). The topological polar surface area (TPSA) is 43.4 Å². The molecule has 2 unspecified atom stereocenters. The first-order chi connectivity index (χ1) is 7.57. The van der Waals surface area contributed by atoms with E-state index in [1.54, 1.807) is 0 Å². The average molecular weight is 220 g/mol. The average Bonchev–Trinajstić information content (AvgIpc) is 2.46. The normalized spacial score (nSPS) is 37.9. The van der Waals surface area contributed by atoms with E-state index >= 15 is 0 Å². The molecule has 0 amide bonds. The lowest BCUT2D eigenvalue weighted by molar-refractivity contribution is -0.155. The minimum atomic E-state index is -0.863. The van der Waals surface area contributed by atoms with Crippen molar-refractivity contribution in [2.75, 3.05) is 0 Å². The molecule has 1 heterocycles. The first kappa shape index (κ1) is 11.1. The zero-order valence-corrected chi connectivity index (χ0v) is 9.66. The van der Waals surface area contributed by atoms with Crippen LogP contribution in [0, 0.1) is 10.8 Å². The molecule has 1 aliphatic heterocycles. The monoisotopic (exact) mass is 220 g/mol. The second-order valence-electron chi connectivity index (χ2n) is 4.63. The molecule has 0 spiro atoms. The van der Waals surface area contributed by atoms with Crippen molar-refractivity contribution >= 4 is 11.9 Å². The molecule has 1 fully saturated rings. The van der Waals surface area contributed by atoms with Crippen LogP contribution in [-0.4, -0.2) is 11.9 Å². The summed E-state index contributed by atoms with van der Waals surface area (Å²) in [5, 5.41) is 0. The first-order valence-electron chi connectivity index (χ1n) is 5.69. The van der Waals surface area contributed by atoms with Crippen LogP contribution in [0.15, 0.2) is 24.3 Å². The number of carbonyl (C=O) groups excluding carboxylic acids is 2. The fourth-order valence-corrected chi connectivity index (χ4v) is 2.49. The third kappa shape index (κ3) is 1.20. The Hall–Kier alpha value is -1.38. The Morgan fingerprint density at radius 2 is 2.19 bits per heavy atom.